The molecule has 1 N–H and O–H groups in total. The van der Waals surface area contributed by atoms with Gasteiger partial charge in [-0.1, -0.05) is 24.3 Å². The van der Waals surface area contributed by atoms with Crippen molar-refractivity contribution in [3.63, 3.8) is 0 Å². The zero-order valence-electron chi connectivity index (χ0n) is 11.6. The van der Waals surface area contributed by atoms with Gasteiger partial charge in [-0.05, 0) is 30.3 Å². The average Bonchev–Trinajstić information content (AvgIpc) is 2.53. The lowest BCUT2D eigenvalue weighted by Gasteiger charge is -2.21. The fourth-order valence-electron chi connectivity index (χ4n) is 2.36. The van der Waals surface area contributed by atoms with E-state index < -0.39 is 0 Å². The zero-order chi connectivity index (χ0) is 14.8. The molecule has 3 aromatic rings. The number of pyridine rings is 1. The second-order valence-corrected chi connectivity index (χ2v) is 4.86. The van der Waals surface area contributed by atoms with Gasteiger partial charge in [-0.25, -0.2) is 9.37 Å². The molecule has 0 fully saturated rings. The molecule has 4 heteroatoms. The van der Waals surface area contributed by atoms with Crippen LogP contribution in [-0.4, -0.2) is 17.1 Å². The van der Waals surface area contributed by atoms with E-state index in [-0.39, 0.29) is 12.4 Å². The van der Waals surface area contributed by atoms with Gasteiger partial charge >= 0.3 is 0 Å². The zero-order valence-corrected chi connectivity index (χ0v) is 11.6. The number of aliphatic hydroxyl groups excluding tert-OH is 1. The smallest absolute Gasteiger partial charge is 0.139 e. The minimum absolute atomic E-state index is 0.118. The van der Waals surface area contributed by atoms with Crippen molar-refractivity contribution in [2.24, 2.45) is 0 Å². The van der Waals surface area contributed by atoms with Crippen LogP contribution in [0.3, 0.4) is 0 Å². The van der Waals surface area contributed by atoms with Crippen LogP contribution < -0.4 is 4.90 Å². The topological polar surface area (TPSA) is 36.4 Å². The SMILES string of the molecule is CN(c1cccc(F)c1)c1nc2ccccc2cc1CO. The molecule has 0 aliphatic rings. The molecule has 0 unspecified atom stereocenters. The van der Waals surface area contributed by atoms with Gasteiger partial charge in [0.05, 0.1) is 12.1 Å². The number of aromatic nitrogens is 1. The Morgan fingerprint density at radius 3 is 2.67 bits per heavy atom. The van der Waals surface area contributed by atoms with Gasteiger partial charge in [-0.2, -0.15) is 0 Å². The Morgan fingerprint density at radius 2 is 1.90 bits per heavy atom. The first-order valence-electron chi connectivity index (χ1n) is 6.68. The van der Waals surface area contributed by atoms with Crippen LogP contribution in [0.15, 0.2) is 54.6 Å². The van der Waals surface area contributed by atoms with E-state index in [4.69, 9.17) is 0 Å². The molecule has 0 atom stereocenters. The summed E-state index contributed by atoms with van der Waals surface area (Å²) >= 11 is 0. The number of anilines is 2. The second-order valence-electron chi connectivity index (χ2n) is 4.86. The van der Waals surface area contributed by atoms with E-state index in [0.29, 0.717) is 17.1 Å². The highest BCUT2D eigenvalue weighted by atomic mass is 19.1. The van der Waals surface area contributed by atoms with Gasteiger partial charge < -0.3 is 10.0 Å². The van der Waals surface area contributed by atoms with E-state index in [2.05, 4.69) is 4.98 Å². The maximum atomic E-state index is 13.4. The molecule has 0 radical (unpaired) electrons. The number of benzene rings is 2. The third kappa shape index (κ3) is 2.58. The van der Waals surface area contributed by atoms with Crippen LogP contribution in [0.4, 0.5) is 15.9 Å². The van der Waals surface area contributed by atoms with Crippen molar-refractivity contribution in [3.8, 4) is 0 Å². The molecule has 21 heavy (non-hydrogen) atoms. The summed E-state index contributed by atoms with van der Waals surface area (Å²) in [5, 5.41) is 10.6. The first kappa shape index (κ1) is 13.5. The molecular weight excluding hydrogens is 267 g/mol. The van der Waals surface area contributed by atoms with Crippen LogP contribution in [0.25, 0.3) is 10.9 Å². The average molecular weight is 282 g/mol. The van der Waals surface area contributed by atoms with Gasteiger partial charge in [-0.3, -0.25) is 0 Å². The molecule has 0 spiro atoms. The fraction of sp³-hybridized carbons (Fsp3) is 0.118. The van der Waals surface area contributed by atoms with Crippen LogP contribution in [0.1, 0.15) is 5.56 Å². The number of hydrogen-bond acceptors (Lipinski definition) is 3. The van der Waals surface area contributed by atoms with E-state index in [9.17, 15) is 9.50 Å². The minimum Gasteiger partial charge on any atom is -0.392 e. The quantitative estimate of drug-likeness (QED) is 0.797. The number of rotatable bonds is 3. The molecule has 1 heterocycles. The van der Waals surface area contributed by atoms with Gasteiger partial charge in [0.25, 0.3) is 0 Å². The Kier molecular flexibility index (Phi) is 3.54. The molecule has 1 aromatic heterocycles. The first-order chi connectivity index (χ1) is 10.2. The van der Waals surface area contributed by atoms with Crippen molar-refractivity contribution in [2.45, 2.75) is 6.61 Å². The predicted molar refractivity (Wildman–Crippen MR) is 82.1 cm³/mol. The molecule has 3 nitrogen and oxygen atoms in total. The number of hydrogen-bond donors (Lipinski definition) is 1. The van der Waals surface area contributed by atoms with Crippen molar-refractivity contribution in [3.05, 3.63) is 66.0 Å². The Labute approximate surface area is 122 Å². The Hall–Kier alpha value is -2.46. The number of halogens is 1. The Balaban J connectivity index is 2.14. The summed E-state index contributed by atoms with van der Waals surface area (Å²) in [5.41, 5.74) is 2.24. The lowest BCUT2D eigenvalue weighted by atomic mass is 10.1. The monoisotopic (exact) mass is 282 g/mol. The Bertz CT molecular complexity index is 789. The second kappa shape index (κ2) is 5.50. The summed E-state index contributed by atoms with van der Waals surface area (Å²) in [4.78, 5) is 6.37. The largest absolute Gasteiger partial charge is 0.392 e. The fourth-order valence-corrected chi connectivity index (χ4v) is 2.36. The number of fused-ring (bicyclic) bond motifs is 1. The van der Waals surface area contributed by atoms with Crippen LogP contribution in [0, 0.1) is 5.82 Å². The summed E-state index contributed by atoms with van der Waals surface area (Å²) in [5.74, 6) is 0.326. The van der Waals surface area contributed by atoms with Gasteiger partial charge in [0, 0.05) is 23.7 Å². The van der Waals surface area contributed by atoms with E-state index in [1.54, 1.807) is 17.0 Å². The highest BCUT2D eigenvalue weighted by Gasteiger charge is 2.12. The summed E-state index contributed by atoms with van der Waals surface area (Å²) in [6, 6.07) is 15.9. The van der Waals surface area contributed by atoms with Crippen LogP contribution >= 0.6 is 0 Å². The van der Waals surface area contributed by atoms with Crippen molar-refractivity contribution in [1.82, 2.24) is 4.98 Å². The maximum Gasteiger partial charge on any atom is 0.139 e. The molecule has 0 aliphatic carbocycles. The van der Waals surface area contributed by atoms with E-state index in [0.717, 1.165) is 10.9 Å². The van der Waals surface area contributed by atoms with Crippen molar-refractivity contribution < 1.29 is 9.50 Å². The number of para-hydroxylation sites is 1. The summed E-state index contributed by atoms with van der Waals surface area (Å²) in [6.07, 6.45) is 0. The molecule has 0 amide bonds. The van der Waals surface area contributed by atoms with Gasteiger partial charge in [-0.15, -0.1) is 0 Å². The first-order valence-corrected chi connectivity index (χ1v) is 6.68. The minimum atomic E-state index is -0.300. The third-order valence-electron chi connectivity index (χ3n) is 3.46. The van der Waals surface area contributed by atoms with Crippen molar-refractivity contribution >= 4 is 22.4 Å². The van der Waals surface area contributed by atoms with E-state index in [1.807, 2.05) is 37.4 Å². The van der Waals surface area contributed by atoms with Gasteiger partial charge in [0.15, 0.2) is 0 Å². The lowest BCUT2D eigenvalue weighted by Crippen LogP contribution is -2.14. The molecule has 0 aliphatic heterocycles. The summed E-state index contributed by atoms with van der Waals surface area (Å²) in [6.45, 7) is -0.118. The van der Waals surface area contributed by atoms with Crippen LogP contribution in [0.5, 0.6) is 0 Å². The molecule has 0 bridgehead atoms. The highest BCUT2D eigenvalue weighted by Crippen LogP contribution is 2.28. The lowest BCUT2D eigenvalue weighted by molar-refractivity contribution is 0.282. The standard InChI is InChI=1S/C17H15FN2O/c1-20(15-7-4-6-14(18)10-15)17-13(11-21)9-12-5-2-3-8-16(12)19-17/h2-10,21H,11H2,1H3. The molecule has 106 valence electrons. The van der Waals surface area contributed by atoms with Crippen LogP contribution in [0.2, 0.25) is 0 Å². The molecule has 2 aromatic carbocycles. The predicted octanol–water partition coefficient (Wildman–Crippen LogP) is 3.63. The maximum absolute atomic E-state index is 13.4. The normalized spacial score (nSPS) is 10.8. The van der Waals surface area contributed by atoms with Gasteiger partial charge in [0.1, 0.15) is 11.6 Å². The van der Waals surface area contributed by atoms with Gasteiger partial charge in [0.2, 0.25) is 0 Å². The van der Waals surface area contributed by atoms with Crippen molar-refractivity contribution in [2.75, 3.05) is 11.9 Å². The molecule has 0 saturated heterocycles. The molecular formula is C17H15FN2O. The van der Waals surface area contributed by atoms with E-state index >= 15 is 0 Å². The highest BCUT2D eigenvalue weighted by molar-refractivity contribution is 5.82. The molecule has 3 rings (SSSR count). The summed E-state index contributed by atoms with van der Waals surface area (Å²) < 4.78 is 13.4. The third-order valence-corrected chi connectivity index (χ3v) is 3.46. The van der Waals surface area contributed by atoms with E-state index in [1.165, 1.54) is 12.1 Å². The van der Waals surface area contributed by atoms with Crippen molar-refractivity contribution in [1.29, 1.82) is 0 Å². The Morgan fingerprint density at radius 1 is 1.10 bits per heavy atom. The number of aliphatic hydroxyl groups is 1. The number of nitrogens with zero attached hydrogens (tertiary/aromatic N) is 2. The molecule has 0 saturated carbocycles. The van der Waals surface area contributed by atoms with Crippen LogP contribution in [-0.2, 0) is 6.61 Å². The summed E-state index contributed by atoms with van der Waals surface area (Å²) in [7, 11) is 1.81.